The van der Waals surface area contributed by atoms with Gasteiger partial charge in [-0.25, -0.2) is 0 Å². The minimum Gasteiger partial charge on any atom is -0.306 e. The molecule has 0 fully saturated rings. The van der Waals surface area contributed by atoms with Gasteiger partial charge in [0.1, 0.15) is 0 Å². The summed E-state index contributed by atoms with van der Waals surface area (Å²) in [6, 6.07) is 45.1. The lowest BCUT2D eigenvalue weighted by Gasteiger charge is -2.38. The highest BCUT2D eigenvalue weighted by molar-refractivity contribution is 7.25. The Balaban J connectivity index is 0.823. The van der Waals surface area contributed by atoms with Crippen molar-refractivity contribution in [2.45, 2.75) is 103 Å². The van der Waals surface area contributed by atoms with Gasteiger partial charge in [0.2, 0.25) is 23.1 Å². The van der Waals surface area contributed by atoms with Gasteiger partial charge in [-0.05, 0) is 141 Å². The average Bonchev–Trinajstić information content (AvgIpc) is 1.35. The van der Waals surface area contributed by atoms with E-state index in [-0.39, 0.29) is 46.8 Å². The first-order chi connectivity index (χ1) is 40.0. The van der Waals surface area contributed by atoms with Crippen molar-refractivity contribution >= 4 is 91.7 Å². The number of fused-ring (bicyclic) bond motifs is 3. The molecule has 4 aromatic heterocycles. The third-order valence-electron chi connectivity index (χ3n) is 18.3. The van der Waals surface area contributed by atoms with Crippen molar-refractivity contribution in [3.63, 3.8) is 0 Å². The molecule has 16 rings (SSSR count). The minimum atomic E-state index is -0.592. The maximum Gasteiger partial charge on any atom is 0.261 e. The summed E-state index contributed by atoms with van der Waals surface area (Å²) in [7, 11) is 0. The minimum absolute atomic E-state index is 0.109. The average molecular weight is 1150 g/mol. The summed E-state index contributed by atoms with van der Waals surface area (Å²) < 4.78 is 0. The molecule has 6 atom stereocenters. The standard InChI is InChI=1S/C70H60N2O6S4/c1-5-9-15-37(7-3)35-71-63(55-31-29-53(81-55)51-27-25-49(79-51)39-21-23-45-47(33-39)59-43-19-13-11-17-41(43)57(45)65(73)67(59)75)61-62(69(71)77)64(72(70(61)78)36-38(8-4)16-10-6-2)56-32-30-54(82-56)52-28-26-50(80-52)40-22-24-46-48(34-40)60-44-20-14-12-18-42(44)58(46)66(74)68(60)76/h11-14,17-34,37-38,57-60H,5-10,15-16,35-36H2,1-4H3. The molecule has 8 nitrogen and oxygen atoms in total. The normalized spacial score (nSPS) is 20.1. The zero-order valence-corrected chi connectivity index (χ0v) is 49.5. The molecule has 0 radical (unpaired) electrons. The highest BCUT2D eigenvalue weighted by Gasteiger charge is 2.52. The first kappa shape index (κ1) is 52.8. The summed E-state index contributed by atoms with van der Waals surface area (Å²) in [5.74, 6) is -3.32. The molecule has 410 valence electrons. The van der Waals surface area contributed by atoms with Crippen LogP contribution < -0.4 is 0 Å². The molecule has 6 aliphatic carbocycles. The van der Waals surface area contributed by atoms with Gasteiger partial charge in [0, 0.05) is 42.4 Å². The number of amides is 2. The van der Waals surface area contributed by atoms with Gasteiger partial charge >= 0.3 is 0 Å². The van der Waals surface area contributed by atoms with E-state index in [0.29, 0.717) is 35.6 Å². The van der Waals surface area contributed by atoms with Crippen LogP contribution in [0.2, 0.25) is 0 Å². The van der Waals surface area contributed by atoms with Crippen LogP contribution in [0.15, 0.2) is 145 Å². The topological polar surface area (TPSA) is 109 Å². The number of benzene rings is 4. The Hall–Kier alpha value is -7.22. The van der Waals surface area contributed by atoms with E-state index in [4.69, 9.17) is 0 Å². The second-order valence-corrected chi connectivity index (χ2v) is 27.2. The third kappa shape index (κ3) is 8.28. The Kier molecular flexibility index (Phi) is 13.5. The Bertz CT molecular complexity index is 3840. The van der Waals surface area contributed by atoms with Crippen LogP contribution in [0.1, 0.15) is 157 Å². The second-order valence-electron chi connectivity index (χ2n) is 22.9. The Morgan fingerprint density at radius 3 is 1.01 bits per heavy atom. The number of hydrogen-bond acceptors (Lipinski definition) is 10. The van der Waals surface area contributed by atoms with Crippen molar-refractivity contribution in [1.82, 2.24) is 9.80 Å². The molecule has 0 N–H and O–H groups in total. The monoisotopic (exact) mass is 1150 g/mol. The van der Waals surface area contributed by atoms with Gasteiger partial charge < -0.3 is 9.80 Å². The molecule has 4 aromatic carbocycles. The summed E-state index contributed by atoms with van der Waals surface area (Å²) in [5.41, 5.74) is 11.8. The zero-order chi connectivity index (χ0) is 56.2. The number of unbranched alkanes of at least 4 members (excludes halogenated alkanes) is 2. The van der Waals surface area contributed by atoms with E-state index in [1.165, 1.54) is 0 Å². The highest BCUT2D eigenvalue weighted by atomic mass is 32.1. The van der Waals surface area contributed by atoms with Crippen molar-refractivity contribution in [1.29, 1.82) is 0 Å². The fraction of sp³-hybridized carbons (Fsp3) is 0.286. The summed E-state index contributed by atoms with van der Waals surface area (Å²) in [6.07, 6.45) is 8.06. The molecular weight excluding hydrogens is 1090 g/mol. The highest BCUT2D eigenvalue weighted by Crippen LogP contribution is 2.55. The van der Waals surface area contributed by atoms with Crippen molar-refractivity contribution in [3.8, 4) is 40.4 Å². The molecule has 4 bridgehead atoms. The van der Waals surface area contributed by atoms with E-state index in [9.17, 15) is 19.2 Å². The first-order valence-corrected chi connectivity index (χ1v) is 32.4. The SMILES string of the molecule is CCCCC(CC)CN1C(=O)C2=C(c3ccc(-c4ccc(-c5ccc6c(c5)C5C(=O)C(=O)C6c6ccccc65)s4)s3)N(CC(CC)CCCC)C(=O)C2=C1c1ccc(-c2ccc(-c3ccc4c(c3)C3C(=O)C(=O)C4c4ccccc43)s2)s1. The van der Waals surface area contributed by atoms with Crippen LogP contribution in [0.4, 0.5) is 0 Å². The summed E-state index contributed by atoms with van der Waals surface area (Å²) in [4.78, 5) is 96.9. The Morgan fingerprint density at radius 1 is 0.366 bits per heavy atom. The van der Waals surface area contributed by atoms with Crippen LogP contribution >= 0.6 is 45.3 Å². The number of carbonyl (C=O) groups excluding carboxylic acids is 6. The summed E-state index contributed by atoms with van der Waals surface area (Å²) in [6.45, 7) is 9.86. The summed E-state index contributed by atoms with van der Waals surface area (Å²) >= 11 is 6.59. The van der Waals surface area contributed by atoms with Crippen molar-refractivity contribution in [2.24, 2.45) is 11.8 Å². The number of hydrogen-bond donors (Lipinski definition) is 0. The maximum absolute atomic E-state index is 15.7. The fourth-order valence-corrected chi connectivity index (χ4v) is 18.3. The lowest BCUT2D eigenvalue weighted by molar-refractivity contribution is -0.138. The van der Waals surface area contributed by atoms with E-state index in [2.05, 4.69) is 100 Å². The molecular formula is C70H60N2O6S4. The van der Waals surface area contributed by atoms with Gasteiger partial charge in [-0.2, -0.15) is 0 Å². The van der Waals surface area contributed by atoms with Crippen LogP contribution in [0.25, 0.3) is 51.8 Å². The Morgan fingerprint density at radius 2 is 0.671 bits per heavy atom. The quantitative estimate of drug-likeness (QED) is 0.0792. The van der Waals surface area contributed by atoms with E-state index in [0.717, 1.165) is 146 Å². The molecule has 2 amide bonds. The third-order valence-corrected chi connectivity index (χ3v) is 23.1. The first-order valence-electron chi connectivity index (χ1n) is 29.2. The molecule has 6 heterocycles. The summed E-state index contributed by atoms with van der Waals surface area (Å²) in [5, 5.41) is 0. The van der Waals surface area contributed by atoms with Gasteiger partial charge in [0.25, 0.3) is 11.8 Å². The van der Waals surface area contributed by atoms with E-state index in [1.807, 2.05) is 70.5 Å². The van der Waals surface area contributed by atoms with Crippen molar-refractivity contribution in [3.05, 3.63) is 199 Å². The van der Waals surface area contributed by atoms with Gasteiger partial charge in [-0.15, -0.1) is 45.3 Å². The van der Waals surface area contributed by atoms with Crippen LogP contribution in [0, 0.1) is 11.8 Å². The zero-order valence-electron chi connectivity index (χ0n) is 46.2. The maximum atomic E-state index is 15.7. The molecule has 82 heavy (non-hydrogen) atoms. The van der Waals surface area contributed by atoms with E-state index < -0.39 is 23.7 Å². The van der Waals surface area contributed by atoms with Crippen LogP contribution in [0.5, 0.6) is 0 Å². The molecule has 6 unspecified atom stereocenters. The molecule has 0 saturated carbocycles. The number of thiophene rings is 4. The van der Waals surface area contributed by atoms with Crippen molar-refractivity contribution < 1.29 is 28.8 Å². The van der Waals surface area contributed by atoms with E-state index >= 15 is 9.59 Å². The Labute approximate surface area is 493 Å². The number of rotatable bonds is 18. The smallest absolute Gasteiger partial charge is 0.261 e. The molecule has 8 aromatic rings. The van der Waals surface area contributed by atoms with Gasteiger partial charge in [-0.3, -0.25) is 28.8 Å². The van der Waals surface area contributed by atoms with Crippen LogP contribution in [0.3, 0.4) is 0 Å². The number of nitrogens with zero attached hydrogens (tertiary/aromatic N) is 2. The lowest BCUT2D eigenvalue weighted by atomic mass is 9.62. The predicted octanol–water partition coefficient (Wildman–Crippen LogP) is 16.3. The fourth-order valence-electron chi connectivity index (χ4n) is 14.0. The van der Waals surface area contributed by atoms with Crippen molar-refractivity contribution in [2.75, 3.05) is 13.1 Å². The molecule has 0 spiro atoms. The molecule has 12 heteroatoms. The second kappa shape index (κ2) is 20.9. The molecule has 2 aliphatic heterocycles. The van der Waals surface area contributed by atoms with Crippen LogP contribution in [-0.2, 0) is 28.8 Å². The largest absolute Gasteiger partial charge is 0.306 e. The molecule has 0 saturated heterocycles. The predicted molar refractivity (Wildman–Crippen MR) is 330 cm³/mol. The van der Waals surface area contributed by atoms with Crippen LogP contribution in [-0.4, -0.2) is 57.8 Å². The number of carbonyl (C=O) groups is 6. The van der Waals surface area contributed by atoms with Gasteiger partial charge in [-0.1, -0.05) is 139 Å². The van der Waals surface area contributed by atoms with Gasteiger partial charge in [0.15, 0.2) is 0 Å². The number of Topliss-reactive ketones (excluding diaryl/α,β-unsaturated/α-hetero) is 4. The lowest BCUT2D eigenvalue weighted by Crippen LogP contribution is -2.40. The molecule has 8 aliphatic rings. The van der Waals surface area contributed by atoms with Gasteiger partial charge in [0.05, 0.1) is 56.0 Å². The van der Waals surface area contributed by atoms with E-state index in [1.54, 1.807) is 45.3 Å². The number of ketones is 4.